The predicted octanol–water partition coefficient (Wildman–Crippen LogP) is 4.07. The summed E-state index contributed by atoms with van der Waals surface area (Å²) in [6.45, 7) is 8.07. The zero-order valence-corrected chi connectivity index (χ0v) is 14.8. The molecule has 128 valence electrons. The van der Waals surface area contributed by atoms with E-state index >= 15 is 0 Å². The van der Waals surface area contributed by atoms with Crippen molar-refractivity contribution in [2.24, 2.45) is 0 Å². The molecule has 0 fully saturated rings. The molecule has 1 heterocycles. The van der Waals surface area contributed by atoms with E-state index in [2.05, 4.69) is 6.58 Å². The van der Waals surface area contributed by atoms with Crippen LogP contribution in [0.1, 0.15) is 38.2 Å². The minimum atomic E-state index is -0.374. The van der Waals surface area contributed by atoms with Crippen LogP contribution in [0.3, 0.4) is 0 Å². The van der Waals surface area contributed by atoms with Gasteiger partial charge in [0.2, 0.25) is 5.91 Å². The van der Waals surface area contributed by atoms with Gasteiger partial charge in [-0.3, -0.25) is 4.79 Å². The van der Waals surface area contributed by atoms with Crippen LogP contribution < -0.4 is 0 Å². The Labute approximate surface area is 147 Å². The molecule has 0 aromatic heterocycles. The van der Waals surface area contributed by atoms with Crippen molar-refractivity contribution in [1.82, 2.24) is 4.90 Å². The first-order valence-corrected chi connectivity index (χ1v) is 8.48. The first kappa shape index (κ1) is 18.3. The average molecular weight is 348 g/mol. The molecule has 1 aromatic rings. The maximum Gasteiger partial charge on any atom is 0.336 e. The van der Waals surface area contributed by atoms with Gasteiger partial charge in [0.05, 0.1) is 12.2 Å². The third-order valence-corrected chi connectivity index (χ3v) is 4.29. The smallest absolute Gasteiger partial charge is 0.336 e. The molecule has 1 aliphatic rings. The van der Waals surface area contributed by atoms with Crippen molar-refractivity contribution in [2.45, 2.75) is 32.6 Å². The predicted molar refractivity (Wildman–Crippen MR) is 94.7 cm³/mol. The minimum Gasteiger partial charge on any atom is -0.463 e. The van der Waals surface area contributed by atoms with Crippen LogP contribution in [0.5, 0.6) is 0 Å². The Morgan fingerprint density at radius 3 is 2.79 bits per heavy atom. The van der Waals surface area contributed by atoms with Crippen molar-refractivity contribution < 1.29 is 14.3 Å². The summed E-state index contributed by atoms with van der Waals surface area (Å²) in [7, 11) is 0. The second kappa shape index (κ2) is 8.15. The van der Waals surface area contributed by atoms with E-state index in [0.29, 0.717) is 29.3 Å². The van der Waals surface area contributed by atoms with Crippen LogP contribution in [0, 0.1) is 0 Å². The van der Waals surface area contributed by atoms with E-state index in [4.69, 9.17) is 16.3 Å². The van der Waals surface area contributed by atoms with E-state index in [0.717, 1.165) is 5.56 Å². The van der Waals surface area contributed by atoms with Gasteiger partial charge >= 0.3 is 5.97 Å². The molecule has 0 saturated carbocycles. The molecule has 0 bridgehead atoms. The van der Waals surface area contributed by atoms with Crippen LogP contribution in [0.4, 0.5) is 0 Å². The normalized spacial score (nSPS) is 17.9. The fraction of sp³-hybridized carbons (Fsp3) is 0.368. The Bertz CT molecular complexity index is 681. The van der Waals surface area contributed by atoms with E-state index in [1.807, 2.05) is 19.1 Å². The van der Waals surface area contributed by atoms with Gasteiger partial charge in [-0.15, -0.1) is 6.58 Å². The molecule has 2 rings (SSSR count). The highest BCUT2D eigenvalue weighted by Crippen LogP contribution is 2.38. The van der Waals surface area contributed by atoms with Crippen molar-refractivity contribution in [3.63, 3.8) is 0 Å². The number of esters is 1. The molecule has 0 unspecified atom stereocenters. The minimum absolute atomic E-state index is 0.0234. The van der Waals surface area contributed by atoms with Gasteiger partial charge in [-0.05, 0) is 31.0 Å². The number of amides is 1. The van der Waals surface area contributed by atoms with Gasteiger partial charge in [0.15, 0.2) is 0 Å². The molecule has 4 nitrogen and oxygen atoms in total. The van der Waals surface area contributed by atoms with Crippen molar-refractivity contribution >= 4 is 23.5 Å². The summed E-state index contributed by atoms with van der Waals surface area (Å²) in [5, 5.41) is 0.578. The molecule has 1 aromatic carbocycles. The first-order chi connectivity index (χ1) is 11.5. The number of halogens is 1. The molecule has 1 amide bonds. The quantitative estimate of drug-likeness (QED) is 0.575. The van der Waals surface area contributed by atoms with Gasteiger partial charge in [-0.25, -0.2) is 4.79 Å². The third kappa shape index (κ3) is 3.70. The fourth-order valence-electron chi connectivity index (χ4n) is 3.08. The summed E-state index contributed by atoms with van der Waals surface area (Å²) in [5.74, 6) is -0.739. The largest absolute Gasteiger partial charge is 0.463 e. The summed E-state index contributed by atoms with van der Waals surface area (Å²) < 4.78 is 5.26. The summed E-state index contributed by atoms with van der Waals surface area (Å²) in [4.78, 5) is 26.8. The van der Waals surface area contributed by atoms with Crippen LogP contribution in [-0.4, -0.2) is 29.9 Å². The van der Waals surface area contributed by atoms with E-state index in [9.17, 15) is 9.59 Å². The fourth-order valence-corrected chi connectivity index (χ4v) is 3.28. The van der Waals surface area contributed by atoms with Gasteiger partial charge in [-0.2, -0.15) is 0 Å². The number of hydrogen-bond acceptors (Lipinski definition) is 3. The highest BCUT2D eigenvalue weighted by atomic mass is 35.5. The van der Waals surface area contributed by atoms with Crippen molar-refractivity contribution in [2.75, 3.05) is 13.2 Å². The van der Waals surface area contributed by atoms with Crippen LogP contribution >= 0.6 is 11.6 Å². The molecule has 0 spiro atoms. The number of ether oxygens (including phenoxy) is 1. The molecule has 5 heteroatoms. The van der Waals surface area contributed by atoms with Gasteiger partial charge < -0.3 is 9.64 Å². The van der Waals surface area contributed by atoms with Gasteiger partial charge in [0, 0.05) is 29.6 Å². The molecule has 0 aliphatic carbocycles. The zero-order chi connectivity index (χ0) is 17.7. The monoisotopic (exact) mass is 347 g/mol. The Hall–Kier alpha value is -2.07. The molecular weight excluding hydrogens is 326 g/mol. The number of allylic oxidation sites excluding steroid dienone is 1. The number of carbonyl (C=O) groups is 2. The number of nitrogens with zero attached hydrogens (tertiary/aromatic N) is 1. The first-order valence-electron chi connectivity index (χ1n) is 8.10. The van der Waals surface area contributed by atoms with Crippen molar-refractivity contribution in [3.05, 3.63) is 58.8 Å². The lowest BCUT2D eigenvalue weighted by molar-refractivity contribution is -0.140. The molecule has 0 N–H and O–H groups in total. The SMILES string of the molecule is C=CCN1C(=O)C[C@H](c2cccc(Cl)c2)C(C(=O)OCC)=C1CC. The summed E-state index contributed by atoms with van der Waals surface area (Å²) >= 11 is 6.10. The Balaban J connectivity index is 2.59. The summed E-state index contributed by atoms with van der Waals surface area (Å²) in [5.41, 5.74) is 2.10. The van der Waals surface area contributed by atoms with Crippen LogP contribution in [-0.2, 0) is 14.3 Å². The summed E-state index contributed by atoms with van der Waals surface area (Å²) in [6, 6.07) is 7.29. The summed E-state index contributed by atoms with van der Waals surface area (Å²) in [6.07, 6.45) is 2.44. The molecule has 1 aliphatic heterocycles. The molecule has 24 heavy (non-hydrogen) atoms. The second-order valence-electron chi connectivity index (χ2n) is 5.54. The van der Waals surface area contributed by atoms with Gasteiger partial charge in [0.1, 0.15) is 0 Å². The lowest BCUT2D eigenvalue weighted by Gasteiger charge is -2.35. The van der Waals surface area contributed by atoms with Gasteiger partial charge in [-0.1, -0.05) is 36.7 Å². The van der Waals surface area contributed by atoms with Crippen LogP contribution in [0.25, 0.3) is 0 Å². The van der Waals surface area contributed by atoms with Crippen molar-refractivity contribution in [1.29, 1.82) is 0 Å². The highest BCUT2D eigenvalue weighted by Gasteiger charge is 2.37. The topological polar surface area (TPSA) is 46.6 Å². The number of hydrogen-bond donors (Lipinski definition) is 0. The van der Waals surface area contributed by atoms with Crippen molar-refractivity contribution in [3.8, 4) is 0 Å². The standard InChI is InChI=1S/C19H22ClNO3/c1-4-10-21-16(5-2)18(19(23)24-6-3)15(12-17(21)22)13-8-7-9-14(20)11-13/h4,7-9,11,15H,1,5-6,10,12H2,2-3H3/t15-/m1/s1. The average Bonchev–Trinajstić information content (AvgIpc) is 2.56. The van der Waals surface area contributed by atoms with E-state index in [1.165, 1.54) is 0 Å². The molecule has 0 saturated heterocycles. The lowest BCUT2D eigenvalue weighted by Crippen LogP contribution is -2.39. The maximum atomic E-state index is 12.6. The Morgan fingerprint density at radius 2 is 2.21 bits per heavy atom. The molecular formula is C19H22ClNO3. The molecule has 1 atom stereocenters. The van der Waals surface area contributed by atoms with Crippen LogP contribution in [0.15, 0.2) is 48.2 Å². The number of rotatable bonds is 6. The van der Waals surface area contributed by atoms with E-state index < -0.39 is 0 Å². The zero-order valence-electron chi connectivity index (χ0n) is 14.0. The van der Waals surface area contributed by atoms with E-state index in [-0.39, 0.29) is 30.8 Å². The number of carbonyl (C=O) groups excluding carboxylic acids is 2. The maximum absolute atomic E-state index is 12.6. The second-order valence-corrected chi connectivity index (χ2v) is 5.98. The highest BCUT2D eigenvalue weighted by molar-refractivity contribution is 6.30. The Morgan fingerprint density at radius 1 is 1.46 bits per heavy atom. The van der Waals surface area contributed by atoms with Crippen LogP contribution in [0.2, 0.25) is 5.02 Å². The number of benzene rings is 1. The lowest BCUT2D eigenvalue weighted by atomic mass is 9.83. The van der Waals surface area contributed by atoms with Gasteiger partial charge in [0.25, 0.3) is 0 Å². The Kier molecular flexibility index (Phi) is 6.21. The molecule has 0 radical (unpaired) electrons. The van der Waals surface area contributed by atoms with E-state index in [1.54, 1.807) is 30.0 Å². The third-order valence-electron chi connectivity index (χ3n) is 4.06.